The minimum atomic E-state index is -0.219. The molecule has 154 valence electrons. The summed E-state index contributed by atoms with van der Waals surface area (Å²) < 4.78 is 11.4. The molecular weight excluding hydrogens is 478 g/mol. The highest BCUT2D eigenvalue weighted by Gasteiger charge is 2.24. The summed E-state index contributed by atoms with van der Waals surface area (Å²) in [6.07, 6.45) is 1.76. The number of nitrogens with zero attached hydrogens (tertiary/aromatic N) is 2. The molecule has 3 aromatic rings. The maximum absolute atomic E-state index is 12.5. The van der Waals surface area contributed by atoms with Crippen molar-refractivity contribution < 1.29 is 14.3 Å². The van der Waals surface area contributed by atoms with Gasteiger partial charge in [0.1, 0.15) is 6.07 Å². The van der Waals surface area contributed by atoms with E-state index in [4.69, 9.17) is 14.7 Å². The van der Waals surface area contributed by atoms with Gasteiger partial charge in [0.15, 0.2) is 23.3 Å². The third-order valence-corrected chi connectivity index (χ3v) is 5.97. The van der Waals surface area contributed by atoms with Crippen LogP contribution in [0.1, 0.15) is 5.56 Å². The van der Waals surface area contributed by atoms with Gasteiger partial charge in [-0.25, -0.2) is 4.99 Å². The molecule has 1 amide bonds. The van der Waals surface area contributed by atoms with Gasteiger partial charge in [-0.3, -0.25) is 4.79 Å². The summed E-state index contributed by atoms with van der Waals surface area (Å²) in [6, 6.07) is 19.4. The normalized spacial score (nSPS) is 15.8. The molecule has 1 aliphatic heterocycles. The number of hydrogen-bond donors (Lipinski definition) is 1. The number of aliphatic imine (C=N–C) groups is 1. The highest BCUT2D eigenvalue weighted by molar-refractivity contribution is 9.10. The molecule has 0 saturated carbocycles. The fourth-order valence-electron chi connectivity index (χ4n) is 3.11. The van der Waals surface area contributed by atoms with Crippen LogP contribution in [0.25, 0.3) is 16.8 Å². The van der Waals surface area contributed by atoms with E-state index in [1.165, 1.54) is 18.9 Å². The lowest BCUT2D eigenvalue weighted by Crippen LogP contribution is -2.19. The van der Waals surface area contributed by atoms with Gasteiger partial charge in [-0.05, 0) is 62.9 Å². The fourth-order valence-corrected chi connectivity index (χ4v) is 4.52. The van der Waals surface area contributed by atoms with Gasteiger partial charge in [0.25, 0.3) is 5.91 Å². The average Bonchev–Trinajstić information content (AvgIpc) is 3.11. The van der Waals surface area contributed by atoms with Crippen molar-refractivity contribution in [3.63, 3.8) is 0 Å². The van der Waals surface area contributed by atoms with Gasteiger partial charge in [-0.15, -0.1) is 0 Å². The van der Waals surface area contributed by atoms with Crippen molar-refractivity contribution in [1.29, 1.82) is 5.26 Å². The Kier molecular flexibility index (Phi) is 6.26. The molecule has 0 spiro atoms. The van der Waals surface area contributed by atoms with Crippen molar-refractivity contribution in [2.45, 2.75) is 0 Å². The first-order chi connectivity index (χ1) is 15.1. The number of carbonyl (C=O) groups excluding carboxylic acids is 1. The molecule has 1 N–H and O–H groups in total. The highest BCUT2D eigenvalue weighted by atomic mass is 79.9. The molecule has 3 aromatic carbocycles. The first-order valence-corrected chi connectivity index (χ1v) is 10.8. The van der Waals surface area contributed by atoms with Crippen LogP contribution in [0.5, 0.6) is 11.5 Å². The summed E-state index contributed by atoms with van der Waals surface area (Å²) in [4.78, 5) is 17.7. The lowest BCUT2D eigenvalue weighted by Gasteiger charge is -2.11. The molecule has 1 saturated heterocycles. The number of rotatable bonds is 5. The zero-order chi connectivity index (χ0) is 21.8. The van der Waals surface area contributed by atoms with Gasteiger partial charge in [-0.1, -0.05) is 36.4 Å². The van der Waals surface area contributed by atoms with Crippen LogP contribution >= 0.6 is 27.7 Å². The first-order valence-electron chi connectivity index (χ1n) is 9.23. The second kappa shape index (κ2) is 9.25. The Bertz CT molecular complexity index is 1280. The second-order valence-electron chi connectivity index (χ2n) is 6.46. The summed E-state index contributed by atoms with van der Waals surface area (Å²) in [6.45, 7) is -0.0956. The minimum absolute atomic E-state index is 0.0956. The van der Waals surface area contributed by atoms with E-state index in [0.717, 1.165) is 22.0 Å². The van der Waals surface area contributed by atoms with Crippen molar-refractivity contribution in [3.05, 3.63) is 69.5 Å². The molecule has 1 heterocycles. The van der Waals surface area contributed by atoms with E-state index in [9.17, 15) is 4.79 Å². The van der Waals surface area contributed by atoms with Gasteiger partial charge >= 0.3 is 0 Å². The van der Waals surface area contributed by atoms with Crippen LogP contribution in [-0.2, 0) is 4.79 Å². The lowest BCUT2D eigenvalue weighted by molar-refractivity contribution is -0.115. The second-order valence-corrected chi connectivity index (χ2v) is 8.35. The number of amides is 1. The molecule has 0 unspecified atom stereocenters. The van der Waals surface area contributed by atoms with E-state index in [1.807, 2.05) is 48.5 Å². The number of methoxy groups -OCH3 is 1. The number of hydrogen-bond acceptors (Lipinski definition) is 6. The summed E-state index contributed by atoms with van der Waals surface area (Å²) in [5.41, 5.74) is 1.54. The molecule has 31 heavy (non-hydrogen) atoms. The van der Waals surface area contributed by atoms with E-state index < -0.39 is 0 Å². The molecule has 1 aliphatic rings. The van der Waals surface area contributed by atoms with E-state index in [2.05, 4.69) is 26.2 Å². The number of ether oxygens (including phenoxy) is 2. The molecule has 4 rings (SSSR count). The minimum Gasteiger partial charge on any atom is -0.493 e. The third kappa shape index (κ3) is 4.58. The van der Waals surface area contributed by atoms with Crippen LogP contribution in [0.4, 0.5) is 5.69 Å². The van der Waals surface area contributed by atoms with E-state index in [1.54, 1.807) is 18.2 Å². The van der Waals surface area contributed by atoms with Crippen molar-refractivity contribution in [3.8, 4) is 17.6 Å². The molecular formula is C23H16BrN3O3S. The smallest absolute Gasteiger partial charge is 0.264 e. The van der Waals surface area contributed by atoms with Gasteiger partial charge in [0.2, 0.25) is 0 Å². The zero-order valence-corrected chi connectivity index (χ0v) is 18.8. The predicted molar refractivity (Wildman–Crippen MR) is 127 cm³/mol. The largest absolute Gasteiger partial charge is 0.493 e. The molecule has 0 aliphatic carbocycles. The Hall–Kier alpha value is -3.28. The molecule has 0 bridgehead atoms. The number of halogens is 1. The van der Waals surface area contributed by atoms with Crippen LogP contribution in [0.3, 0.4) is 0 Å². The van der Waals surface area contributed by atoms with Crippen LogP contribution in [0.15, 0.2) is 69.0 Å². The third-order valence-electron chi connectivity index (χ3n) is 4.47. The summed E-state index contributed by atoms with van der Waals surface area (Å²) in [7, 11) is 1.52. The van der Waals surface area contributed by atoms with Crippen LogP contribution in [0, 0.1) is 11.3 Å². The molecule has 8 heteroatoms. The Balaban J connectivity index is 1.63. The molecule has 0 atom stereocenters. The maximum atomic E-state index is 12.5. The number of amidine groups is 1. The number of carbonyl (C=O) groups is 1. The summed E-state index contributed by atoms with van der Waals surface area (Å²) >= 11 is 4.71. The van der Waals surface area contributed by atoms with Crippen molar-refractivity contribution in [2.24, 2.45) is 4.99 Å². The van der Waals surface area contributed by atoms with Gasteiger partial charge in [-0.2, -0.15) is 5.26 Å². The quantitative estimate of drug-likeness (QED) is 0.480. The topological polar surface area (TPSA) is 83.7 Å². The number of benzene rings is 3. The van der Waals surface area contributed by atoms with Crippen molar-refractivity contribution >= 4 is 61.3 Å². The molecule has 0 radical (unpaired) electrons. The van der Waals surface area contributed by atoms with Crippen LogP contribution in [0.2, 0.25) is 0 Å². The Labute approximate surface area is 191 Å². The Morgan fingerprint density at radius 1 is 1.23 bits per heavy atom. The fraction of sp³-hybridized carbons (Fsp3) is 0.0870. The molecule has 0 aromatic heterocycles. The van der Waals surface area contributed by atoms with E-state index >= 15 is 0 Å². The van der Waals surface area contributed by atoms with Crippen molar-refractivity contribution in [1.82, 2.24) is 5.32 Å². The lowest BCUT2D eigenvalue weighted by atomic mass is 10.1. The van der Waals surface area contributed by atoms with Gasteiger partial charge in [0.05, 0.1) is 22.2 Å². The summed E-state index contributed by atoms with van der Waals surface area (Å²) in [5.74, 6) is 0.682. The SMILES string of the molecule is COc1cc(/C=C2/SC(=Nc3cccc4ccccc34)NC2=O)cc(Br)c1OCC#N. The molecule has 1 fully saturated rings. The monoisotopic (exact) mass is 493 g/mol. The highest BCUT2D eigenvalue weighted by Crippen LogP contribution is 2.38. The van der Waals surface area contributed by atoms with Gasteiger partial charge < -0.3 is 14.8 Å². The maximum Gasteiger partial charge on any atom is 0.264 e. The first kappa shape index (κ1) is 21.0. The van der Waals surface area contributed by atoms with Gasteiger partial charge in [0, 0.05) is 5.39 Å². The number of nitriles is 1. The Morgan fingerprint density at radius 3 is 2.84 bits per heavy atom. The van der Waals surface area contributed by atoms with Crippen LogP contribution in [-0.4, -0.2) is 24.8 Å². The van der Waals surface area contributed by atoms with Crippen LogP contribution < -0.4 is 14.8 Å². The van der Waals surface area contributed by atoms with Crippen molar-refractivity contribution in [2.75, 3.05) is 13.7 Å². The summed E-state index contributed by atoms with van der Waals surface area (Å²) in [5, 5.41) is 14.2. The Morgan fingerprint density at radius 2 is 2.03 bits per heavy atom. The number of fused-ring (bicyclic) bond motifs is 1. The van der Waals surface area contributed by atoms with E-state index in [-0.39, 0.29) is 12.5 Å². The number of thioether (sulfide) groups is 1. The van der Waals surface area contributed by atoms with E-state index in [0.29, 0.717) is 26.0 Å². The average molecular weight is 494 g/mol. The predicted octanol–water partition coefficient (Wildman–Crippen LogP) is 5.40. The molecule has 6 nitrogen and oxygen atoms in total. The zero-order valence-electron chi connectivity index (χ0n) is 16.4. The standard InChI is InChI=1S/C23H16BrN3O3S/c1-29-19-12-14(11-17(24)21(19)30-10-9-25)13-20-22(28)27-23(31-20)26-18-8-4-6-15-5-2-3-7-16(15)18/h2-8,11-13H,10H2,1H3,(H,26,27,28)/b20-13+. The number of nitrogens with one attached hydrogen (secondary N) is 1.